The summed E-state index contributed by atoms with van der Waals surface area (Å²) in [5.41, 5.74) is 4.64. The number of ether oxygens (including phenoxy) is 2. The number of nitrogens with one attached hydrogen (secondary N) is 2. The third-order valence-electron chi connectivity index (χ3n) is 7.49. The molecular weight excluding hydrogens is 390 g/mol. The summed E-state index contributed by atoms with van der Waals surface area (Å²) in [5.74, 6) is 2.82. The molecule has 3 saturated heterocycles. The Labute approximate surface area is 183 Å². The Balaban J connectivity index is 1.21. The fourth-order valence-corrected chi connectivity index (χ4v) is 5.43. The zero-order valence-corrected chi connectivity index (χ0v) is 18.0. The highest BCUT2D eigenvalue weighted by Crippen LogP contribution is 2.40. The number of anilines is 2. The fraction of sp³-hybridized carbons (Fsp3) is 0.583. The van der Waals surface area contributed by atoms with Gasteiger partial charge in [0.05, 0.1) is 16.9 Å². The number of hydrogen-bond donors (Lipinski definition) is 2. The van der Waals surface area contributed by atoms with E-state index in [2.05, 4.69) is 43.7 Å². The van der Waals surface area contributed by atoms with E-state index < -0.39 is 0 Å². The van der Waals surface area contributed by atoms with Crippen LogP contribution in [-0.4, -0.2) is 60.3 Å². The minimum Gasteiger partial charge on any atom is -0.487 e. The molecule has 0 aliphatic carbocycles. The number of fused-ring (bicyclic) bond motifs is 2. The van der Waals surface area contributed by atoms with E-state index in [1.54, 1.807) is 6.33 Å². The molecule has 31 heavy (non-hydrogen) atoms. The van der Waals surface area contributed by atoms with E-state index in [1.165, 1.54) is 31.5 Å². The van der Waals surface area contributed by atoms with Gasteiger partial charge < -0.3 is 20.1 Å². The molecule has 164 valence electrons. The smallest absolute Gasteiger partial charge is 0.143 e. The van der Waals surface area contributed by atoms with Crippen LogP contribution in [0.3, 0.4) is 0 Å². The summed E-state index contributed by atoms with van der Waals surface area (Å²) in [4.78, 5) is 11.9. The van der Waals surface area contributed by atoms with Gasteiger partial charge in [-0.1, -0.05) is 6.07 Å². The van der Waals surface area contributed by atoms with Crippen molar-refractivity contribution in [2.45, 2.75) is 50.2 Å². The molecule has 2 N–H and O–H groups in total. The lowest BCUT2D eigenvalue weighted by atomic mass is 9.88. The van der Waals surface area contributed by atoms with Crippen molar-refractivity contribution in [3.8, 4) is 5.75 Å². The van der Waals surface area contributed by atoms with Crippen molar-refractivity contribution in [2.75, 3.05) is 44.7 Å². The van der Waals surface area contributed by atoms with Crippen molar-refractivity contribution in [2.24, 2.45) is 0 Å². The van der Waals surface area contributed by atoms with Gasteiger partial charge in [0.1, 0.15) is 24.5 Å². The number of likely N-dealkylation sites (tertiary alicyclic amines) is 1. The van der Waals surface area contributed by atoms with Crippen molar-refractivity contribution in [1.29, 1.82) is 0 Å². The summed E-state index contributed by atoms with van der Waals surface area (Å²) in [6.07, 6.45) is 6.16. The molecule has 7 nitrogen and oxygen atoms in total. The highest BCUT2D eigenvalue weighted by molar-refractivity contribution is 5.69. The number of nitrogens with zero attached hydrogens (tertiary/aromatic N) is 3. The minimum absolute atomic E-state index is 0.420. The van der Waals surface area contributed by atoms with Crippen LogP contribution >= 0.6 is 0 Å². The zero-order chi connectivity index (χ0) is 20.6. The standard InChI is InChI=1S/C24H31N5O2/c1-2-22-21(11-18(1)16-3-7-29(8-4-16)19-12-25-13-19)28-24-20(14-31-22)23(26-15-27-24)17-5-9-30-10-6-17/h1-2,11,15-17,19,25H,3-10,12-14H2,(H,26,27,28). The number of rotatable bonds is 3. The molecule has 0 saturated carbocycles. The summed E-state index contributed by atoms with van der Waals surface area (Å²) in [6.45, 7) is 6.82. The van der Waals surface area contributed by atoms with E-state index in [0.29, 0.717) is 18.4 Å². The third kappa shape index (κ3) is 3.79. The number of piperidine rings is 1. The van der Waals surface area contributed by atoms with Crippen LogP contribution in [0.1, 0.15) is 54.3 Å². The van der Waals surface area contributed by atoms with E-state index in [-0.39, 0.29) is 0 Å². The Bertz CT molecular complexity index is 934. The van der Waals surface area contributed by atoms with Crippen LogP contribution in [0, 0.1) is 0 Å². The number of benzene rings is 1. The normalized spacial score (nSPS) is 23.1. The molecule has 4 aliphatic rings. The lowest BCUT2D eigenvalue weighted by Crippen LogP contribution is -2.58. The summed E-state index contributed by atoms with van der Waals surface area (Å²) >= 11 is 0. The zero-order valence-electron chi connectivity index (χ0n) is 18.0. The molecule has 1 aromatic carbocycles. The largest absolute Gasteiger partial charge is 0.487 e. The highest BCUT2D eigenvalue weighted by atomic mass is 16.5. The van der Waals surface area contributed by atoms with E-state index in [0.717, 1.165) is 73.7 Å². The Morgan fingerprint density at radius 2 is 1.81 bits per heavy atom. The molecule has 5 heterocycles. The van der Waals surface area contributed by atoms with Crippen LogP contribution in [0.25, 0.3) is 0 Å². The third-order valence-corrected chi connectivity index (χ3v) is 7.49. The van der Waals surface area contributed by atoms with Crippen LogP contribution in [-0.2, 0) is 11.3 Å². The van der Waals surface area contributed by atoms with E-state index in [1.807, 2.05) is 0 Å². The van der Waals surface area contributed by atoms with Gasteiger partial charge in [0.2, 0.25) is 0 Å². The molecule has 1 aromatic heterocycles. The molecule has 0 atom stereocenters. The van der Waals surface area contributed by atoms with Gasteiger partial charge in [0, 0.05) is 38.3 Å². The Morgan fingerprint density at radius 1 is 0.968 bits per heavy atom. The molecule has 3 fully saturated rings. The van der Waals surface area contributed by atoms with Gasteiger partial charge >= 0.3 is 0 Å². The predicted molar refractivity (Wildman–Crippen MR) is 119 cm³/mol. The molecule has 6 rings (SSSR count). The Morgan fingerprint density at radius 3 is 2.58 bits per heavy atom. The van der Waals surface area contributed by atoms with Crippen LogP contribution in [0.5, 0.6) is 5.75 Å². The molecule has 4 aliphatic heterocycles. The molecule has 7 heteroatoms. The van der Waals surface area contributed by atoms with E-state index in [9.17, 15) is 0 Å². The molecule has 2 aromatic rings. The van der Waals surface area contributed by atoms with Gasteiger partial charge in [-0.15, -0.1) is 0 Å². The molecule has 0 radical (unpaired) electrons. The van der Waals surface area contributed by atoms with E-state index in [4.69, 9.17) is 9.47 Å². The first kappa shape index (κ1) is 19.5. The fourth-order valence-electron chi connectivity index (χ4n) is 5.43. The first-order valence-corrected chi connectivity index (χ1v) is 11.7. The second-order valence-electron chi connectivity index (χ2n) is 9.26. The summed E-state index contributed by atoms with van der Waals surface area (Å²) < 4.78 is 11.8. The first-order valence-electron chi connectivity index (χ1n) is 11.7. The van der Waals surface area contributed by atoms with Crippen LogP contribution in [0.4, 0.5) is 11.5 Å². The SMILES string of the molecule is c1nc2c(c(C3CCOCC3)n1)COc1ccc(C3CCN(C4CNC4)CC3)cc1N2. The monoisotopic (exact) mass is 421 g/mol. The second-order valence-corrected chi connectivity index (χ2v) is 9.26. The average molecular weight is 422 g/mol. The lowest BCUT2D eigenvalue weighted by molar-refractivity contribution is 0.0840. The maximum Gasteiger partial charge on any atom is 0.143 e. The van der Waals surface area contributed by atoms with Crippen LogP contribution in [0.2, 0.25) is 0 Å². The molecule has 0 amide bonds. The number of hydrogen-bond acceptors (Lipinski definition) is 7. The van der Waals surface area contributed by atoms with Gasteiger partial charge in [0.15, 0.2) is 0 Å². The maximum absolute atomic E-state index is 6.23. The Kier molecular flexibility index (Phi) is 5.26. The van der Waals surface area contributed by atoms with Crippen molar-refractivity contribution >= 4 is 11.5 Å². The van der Waals surface area contributed by atoms with Crippen LogP contribution in [0.15, 0.2) is 24.5 Å². The minimum atomic E-state index is 0.420. The van der Waals surface area contributed by atoms with E-state index >= 15 is 0 Å². The highest BCUT2D eigenvalue weighted by Gasteiger charge is 2.30. The van der Waals surface area contributed by atoms with Crippen molar-refractivity contribution < 1.29 is 9.47 Å². The number of aromatic nitrogens is 2. The summed E-state index contributed by atoms with van der Waals surface area (Å²) in [7, 11) is 0. The molecule has 0 bridgehead atoms. The van der Waals surface area contributed by atoms with Crippen molar-refractivity contribution in [3.05, 3.63) is 41.3 Å². The van der Waals surface area contributed by atoms with Gasteiger partial charge in [0.25, 0.3) is 0 Å². The van der Waals surface area contributed by atoms with Crippen LogP contribution < -0.4 is 15.4 Å². The maximum atomic E-state index is 6.23. The molecule has 0 spiro atoms. The predicted octanol–water partition coefficient (Wildman–Crippen LogP) is 3.16. The van der Waals surface area contributed by atoms with Crippen molar-refractivity contribution in [1.82, 2.24) is 20.2 Å². The second kappa shape index (κ2) is 8.37. The quantitative estimate of drug-likeness (QED) is 0.789. The first-order chi connectivity index (χ1) is 15.3. The molecule has 0 unspecified atom stereocenters. The lowest BCUT2D eigenvalue weighted by Gasteiger charge is -2.42. The van der Waals surface area contributed by atoms with Gasteiger partial charge in [-0.3, -0.25) is 4.90 Å². The average Bonchev–Trinajstić information content (AvgIpc) is 2.97. The summed E-state index contributed by atoms with van der Waals surface area (Å²) in [5, 5.41) is 6.98. The van der Waals surface area contributed by atoms with Gasteiger partial charge in [-0.25, -0.2) is 9.97 Å². The van der Waals surface area contributed by atoms with Gasteiger partial charge in [-0.2, -0.15) is 0 Å². The molecular formula is C24H31N5O2. The van der Waals surface area contributed by atoms with Crippen molar-refractivity contribution in [3.63, 3.8) is 0 Å². The Hall–Kier alpha value is -2.22. The summed E-state index contributed by atoms with van der Waals surface area (Å²) in [6, 6.07) is 7.43. The topological polar surface area (TPSA) is 71.5 Å². The van der Waals surface area contributed by atoms with Gasteiger partial charge in [-0.05, 0) is 62.4 Å².